The Labute approximate surface area is 215 Å². The summed E-state index contributed by atoms with van der Waals surface area (Å²) < 4.78 is 99.3. The van der Waals surface area contributed by atoms with Crippen molar-refractivity contribution in [3.05, 3.63) is 113 Å². The number of pyridine rings is 1. The Kier molecular flexibility index (Phi) is 6.68. The van der Waals surface area contributed by atoms with E-state index in [1.165, 1.54) is 54.6 Å². The SMILES string of the molecule is O=S(=O)(Cc1cccc(F)n1)c1ccc2c(c1)OCC[C@@H]2c1ccc(C(F)(F)F)cc1-c1ccc(F)cc1. The van der Waals surface area contributed by atoms with Crippen LogP contribution in [0.1, 0.15) is 34.7 Å². The Balaban J connectivity index is 1.55. The predicted octanol–water partition coefficient (Wildman–Crippen LogP) is 6.93. The first kappa shape index (κ1) is 25.8. The van der Waals surface area contributed by atoms with E-state index in [0.717, 1.165) is 18.2 Å². The molecule has 1 aromatic heterocycles. The lowest BCUT2D eigenvalue weighted by Gasteiger charge is -2.29. The average Bonchev–Trinajstić information content (AvgIpc) is 2.87. The summed E-state index contributed by atoms with van der Waals surface area (Å²) in [6, 6.07) is 16.9. The molecule has 4 nitrogen and oxygen atoms in total. The maximum absolute atomic E-state index is 13.5. The number of alkyl halides is 3. The molecule has 1 aliphatic rings. The van der Waals surface area contributed by atoms with Gasteiger partial charge in [0.15, 0.2) is 9.84 Å². The molecule has 0 fully saturated rings. The van der Waals surface area contributed by atoms with Crippen LogP contribution in [-0.4, -0.2) is 20.0 Å². The smallest absolute Gasteiger partial charge is 0.416 e. The minimum atomic E-state index is -4.57. The summed E-state index contributed by atoms with van der Waals surface area (Å²) in [6.45, 7) is 0.205. The van der Waals surface area contributed by atoms with Gasteiger partial charge in [-0.15, -0.1) is 0 Å². The average molecular weight is 546 g/mol. The molecule has 0 aliphatic carbocycles. The molecule has 196 valence electrons. The van der Waals surface area contributed by atoms with Gasteiger partial charge in [-0.3, -0.25) is 0 Å². The standard InChI is InChI=1S/C28H20F5NO3S/c29-19-7-4-17(5-8-19)25-14-18(28(31,32)33)6-10-22(25)23-12-13-37-26-15-21(9-11-24(23)26)38(35,36)16-20-2-1-3-27(30)34-20/h1-11,14-15,23H,12-13,16H2/t23-/m1/s1. The summed E-state index contributed by atoms with van der Waals surface area (Å²) in [6.07, 6.45) is -4.13. The molecule has 1 atom stereocenters. The quantitative estimate of drug-likeness (QED) is 0.202. The summed E-state index contributed by atoms with van der Waals surface area (Å²) in [4.78, 5) is 3.56. The largest absolute Gasteiger partial charge is 0.493 e. The molecule has 5 rings (SSSR count). The van der Waals surface area contributed by atoms with E-state index in [9.17, 15) is 30.4 Å². The molecule has 0 unspecified atom stereocenters. The van der Waals surface area contributed by atoms with Crippen LogP contribution in [0.3, 0.4) is 0 Å². The zero-order chi connectivity index (χ0) is 27.1. The van der Waals surface area contributed by atoms with Gasteiger partial charge in [0.1, 0.15) is 11.6 Å². The molecule has 38 heavy (non-hydrogen) atoms. The second-order valence-electron chi connectivity index (χ2n) is 8.91. The lowest BCUT2D eigenvalue weighted by molar-refractivity contribution is -0.137. The fourth-order valence-corrected chi connectivity index (χ4v) is 5.89. The molecule has 0 saturated carbocycles. The first-order chi connectivity index (χ1) is 18.0. The Bertz CT molecular complexity index is 1600. The summed E-state index contributed by atoms with van der Waals surface area (Å²) in [7, 11) is -3.89. The van der Waals surface area contributed by atoms with Gasteiger partial charge in [-0.05, 0) is 71.6 Å². The van der Waals surface area contributed by atoms with Gasteiger partial charge >= 0.3 is 6.18 Å². The molecule has 0 amide bonds. The van der Waals surface area contributed by atoms with Crippen molar-refractivity contribution in [3.63, 3.8) is 0 Å². The van der Waals surface area contributed by atoms with Gasteiger partial charge in [-0.25, -0.2) is 17.8 Å². The summed E-state index contributed by atoms with van der Waals surface area (Å²) in [5, 5.41) is 0. The molecular formula is C28H20F5NO3S. The van der Waals surface area contributed by atoms with Gasteiger partial charge in [0, 0.05) is 11.5 Å². The number of hydrogen-bond donors (Lipinski definition) is 0. The second kappa shape index (κ2) is 9.83. The molecule has 1 aliphatic heterocycles. The fourth-order valence-electron chi connectivity index (χ4n) is 4.61. The van der Waals surface area contributed by atoms with Crippen molar-refractivity contribution in [1.29, 1.82) is 0 Å². The van der Waals surface area contributed by atoms with Crippen molar-refractivity contribution in [2.75, 3.05) is 6.61 Å². The highest BCUT2D eigenvalue weighted by Crippen LogP contribution is 2.44. The molecule has 0 bridgehead atoms. The van der Waals surface area contributed by atoms with E-state index in [0.29, 0.717) is 34.4 Å². The number of hydrogen-bond acceptors (Lipinski definition) is 4. The van der Waals surface area contributed by atoms with E-state index < -0.39 is 45.0 Å². The van der Waals surface area contributed by atoms with Crippen molar-refractivity contribution in [3.8, 4) is 16.9 Å². The van der Waals surface area contributed by atoms with E-state index in [1.807, 2.05) is 0 Å². The molecular weight excluding hydrogens is 525 g/mol. The first-order valence-corrected chi connectivity index (χ1v) is 13.2. The number of ether oxygens (including phenoxy) is 1. The zero-order valence-electron chi connectivity index (χ0n) is 19.7. The maximum Gasteiger partial charge on any atom is 0.416 e. The predicted molar refractivity (Wildman–Crippen MR) is 130 cm³/mol. The highest BCUT2D eigenvalue weighted by atomic mass is 32.2. The van der Waals surface area contributed by atoms with E-state index in [2.05, 4.69) is 4.98 Å². The van der Waals surface area contributed by atoms with Crippen LogP contribution in [0.15, 0.2) is 83.8 Å². The maximum atomic E-state index is 13.5. The van der Waals surface area contributed by atoms with Crippen LogP contribution < -0.4 is 4.74 Å². The lowest BCUT2D eigenvalue weighted by atomic mass is 9.82. The number of nitrogens with zero attached hydrogens (tertiary/aromatic N) is 1. The highest BCUT2D eigenvalue weighted by Gasteiger charge is 2.33. The van der Waals surface area contributed by atoms with Gasteiger partial charge in [-0.1, -0.05) is 30.3 Å². The van der Waals surface area contributed by atoms with Crippen LogP contribution in [0.25, 0.3) is 11.1 Å². The second-order valence-corrected chi connectivity index (χ2v) is 10.9. The number of halogens is 5. The van der Waals surface area contributed by atoms with Gasteiger partial charge < -0.3 is 4.74 Å². The van der Waals surface area contributed by atoms with Crippen molar-refractivity contribution < 1.29 is 35.1 Å². The molecule has 0 N–H and O–H groups in total. The van der Waals surface area contributed by atoms with Crippen molar-refractivity contribution in [2.24, 2.45) is 0 Å². The topological polar surface area (TPSA) is 56.3 Å². The number of rotatable bonds is 5. The van der Waals surface area contributed by atoms with Crippen LogP contribution in [0.4, 0.5) is 22.0 Å². The molecule has 3 aromatic carbocycles. The Morgan fingerprint density at radius 2 is 1.63 bits per heavy atom. The number of fused-ring (bicyclic) bond motifs is 1. The molecule has 0 saturated heterocycles. The normalized spacial score (nSPS) is 15.6. The number of sulfone groups is 1. The Morgan fingerprint density at radius 3 is 2.34 bits per heavy atom. The van der Waals surface area contributed by atoms with Gasteiger partial charge in [0.25, 0.3) is 0 Å². The third kappa shape index (κ3) is 5.26. The van der Waals surface area contributed by atoms with E-state index in [4.69, 9.17) is 4.74 Å². The van der Waals surface area contributed by atoms with E-state index in [-0.39, 0.29) is 17.2 Å². The van der Waals surface area contributed by atoms with Crippen molar-refractivity contribution in [2.45, 2.75) is 29.2 Å². The monoisotopic (exact) mass is 545 g/mol. The van der Waals surface area contributed by atoms with Crippen LogP contribution in [0.2, 0.25) is 0 Å². The molecule has 2 heterocycles. The third-order valence-electron chi connectivity index (χ3n) is 6.41. The third-order valence-corrected chi connectivity index (χ3v) is 8.05. The molecule has 0 spiro atoms. The van der Waals surface area contributed by atoms with E-state index in [1.54, 1.807) is 6.07 Å². The number of benzene rings is 3. The zero-order valence-corrected chi connectivity index (χ0v) is 20.5. The van der Waals surface area contributed by atoms with E-state index >= 15 is 0 Å². The van der Waals surface area contributed by atoms with Crippen LogP contribution >= 0.6 is 0 Å². The van der Waals surface area contributed by atoms with Crippen LogP contribution in [0, 0.1) is 11.8 Å². The number of aromatic nitrogens is 1. The minimum Gasteiger partial charge on any atom is -0.493 e. The van der Waals surface area contributed by atoms with Crippen LogP contribution in [-0.2, 0) is 21.8 Å². The minimum absolute atomic E-state index is 0.0471. The Morgan fingerprint density at radius 1 is 0.895 bits per heavy atom. The van der Waals surface area contributed by atoms with Gasteiger partial charge in [0.05, 0.1) is 28.5 Å². The van der Waals surface area contributed by atoms with Crippen molar-refractivity contribution >= 4 is 9.84 Å². The van der Waals surface area contributed by atoms with Gasteiger partial charge in [0.2, 0.25) is 5.95 Å². The molecule has 10 heteroatoms. The molecule has 4 aromatic rings. The summed E-state index contributed by atoms with van der Waals surface area (Å²) in [5.41, 5.74) is 1.13. The summed E-state index contributed by atoms with van der Waals surface area (Å²) >= 11 is 0. The fraction of sp³-hybridized carbons (Fsp3) is 0.179. The van der Waals surface area contributed by atoms with Gasteiger partial charge in [-0.2, -0.15) is 17.6 Å². The van der Waals surface area contributed by atoms with Crippen LogP contribution in [0.5, 0.6) is 5.75 Å². The highest BCUT2D eigenvalue weighted by molar-refractivity contribution is 7.90. The first-order valence-electron chi connectivity index (χ1n) is 11.6. The van der Waals surface area contributed by atoms with Crippen molar-refractivity contribution in [1.82, 2.24) is 4.98 Å². The molecule has 0 radical (unpaired) electrons. The lowest BCUT2D eigenvalue weighted by Crippen LogP contribution is -2.17. The summed E-state index contributed by atoms with van der Waals surface area (Å²) in [5.74, 6) is -1.92. The Hall–Kier alpha value is -3.79.